The molecule has 0 saturated carbocycles. The monoisotopic (exact) mass is 474 g/mol. The average molecular weight is 475 g/mol. The van der Waals surface area contributed by atoms with Crippen LogP contribution >= 0.6 is 0 Å². The van der Waals surface area contributed by atoms with Crippen LogP contribution in [0.5, 0.6) is 0 Å². The van der Waals surface area contributed by atoms with E-state index in [1.165, 1.54) is 12.1 Å². The molecule has 0 spiro atoms. The van der Waals surface area contributed by atoms with Crippen molar-refractivity contribution in [1.29, 1.82) is 0 Å². The summed E-state index contributed by atoms with van der Waals surface area (Å²) in [5, 5.41) is 1.06. The molecular weight excluding hydrogens is 451 g/mol. The van der Waals surface area contributed by atoms with Gasteiger partial charge in [-0.3, -0.25) is 0 Å². The highest BCUT2D eigenvalue weighted by Crippen LogP contribution is 2.50. The topological polar surface area (TPSA) is 54.4 Å². The lowest BCUT2D eigenvalue weighted by atomic mass is 9.72. The van der Waals surface area contributed by atoms with Crippen LogP contribution in [0.25, 0.3) is 10.9 Å². The lowest BCUT2D eigenvalue weighted by Crippen LogP contribution is -2.39. The number of carbonyl (C=O) groups excluding carboxylic acids is 1. The van der Waals surface area contributed by atoms with Crippen LogP contribution in [0, 0.1) is 12.7 Å². The number of benzene rings is 4. The number of ether oxygens (including phenoxy) is 1. The Hall–Kier alpha value is -4.51. The fourth-order valence-corrected chi connectivity index (χ4v) is 5.19. The second-order valence-electron chi connectivity index (χ2n) is 9.00. The summed E-state index contributed by atoms with van der Waals surface area (Å²) in [7, 11) is 0. The normalized spacial score (nSPS) is 18.2. The van der Waals surface area contributed by atoms with E-state index in [0.717, 1.165) is 33.3 Å². The number of hydrogen-bond acceptors (Lipinski definition) is 3. The standard InChI is InChI=1S/C31H23FN2O2/c1-20-25-14-8-9-15-26(25)33-28(20)27(21-16-18-24(32)19-17-21)31(23-12-6-3-7-13-23)30(35)36-29(34-31)22-10-4-2-5-11-22/h2-19,27,33H,1H3/t27-,31+/m1/s1. The van der Waals surface area contributed by atoms with Gasteiger partial charge in [0.2, 0.25) is 5.90 Å². The molecule has 0 bridgehead atoms. The fraction of sp³-hybridized carbons (Fsp3) is 0.0968. The van der Waals surface area contributed by atoms with E-state index in [1.807, 2.05) is 91.9 Å². The largest absolute Gasteiger partial charge is 0.405 e. The van der Waals surface area contributed by atoms with Gasteiger partial charge in [0.05, 0.1) is 5.92 Å². The molecule has 0 amide bonds. The SMILES string of the molecule is Cc1c([C@@H](c2ccc(F)cc2)[C@]2(c3ccccc3)N=C(c3ccccc3)OC2=O)[nH]c2ccccc12. The van der Waals surface area contributed by atoms with E-state index >= 15 is 0 Å². The first-order valence-electron chi connectivity index (χ1n) is 11.8. The molecule has 5 heteroatoms. The minimum absolute atomic E-state index is 0.269. The number of carbonyl (C=O) groups is 1. The van der Waals surface area contributed by atoms with Gasteiger partial charge in [0.25, 0.3) is 0 Å². The summed E-state index contributed by atoms with van der Waals surface area (Å²) in [6, 6.07) is 33.2. The number of aryl methyl sites for hydroxylation is 1. The number of H-pyrrole nitrogens is 1. The van der Waals surface area contributed by atoms with Crippen molar-refractivity contribution >= 4 is 22.8 Å². The number of cyclic esters (lactones) is 1. The van der Waals surface area contributed by atoms with E-state index in [1.54, 1.807) is 12.1 Å². The molecule has 4 nitrogen and oxygen atoms in total. The lowest BCUT2D eigenvalue weighted by molar-refractivity contribution is -0.140. The summed E-state index contributed by atoms with van der Waals surface area (Å²) in [6.45, 7) is 2.03. The van der Waals surface area contributed by atoms with Crippen molar-refractivity contribution in [3.8, 4) is 0 Å². The minimum Gasteiger partial charge on any atom is -0.405 e. The second-order valence-corrected chi connectivity index (χ2v) is 9.00. The number of nitrogens with zero attached hydrogens (tertiary/aromatic N) is 1. The summed E-state index contributed by atoms with van der Waals surface area (Å²) in [6.07, 6.45) is 0. The molecule has 36 heavy (non-hydrogen) atoms. The number of nitrogens with one attached hydrogen (secondary N) is 1. The molecule has 1 aliphatic rings. The third-order valence-electron chi connectivity index (χ3n) is 6.93. The zero-order valence-electron chi connectivity index (χ0n) is 19.6. The quantitative estimate of drug-likeness (QED) is 0.290. The van der Waals surface area contributed by atoms with Crippen molar-refractivity contribution in [3.63, 3.8) is 0 Å². The van der Waals surface area contributed by atoms with Gasteiger partial charge in [0, 0.05) is 22.2 Å². The summed E-state index contributed by atoms with van der Waals surface area (Å²) in [4.78, 5) is 22.6. The molecule has 1 aromatic heterocycles. The Bertz CT molecular complexity index is 1590. The van der Waals surface area contributed by atoms with Crippen LogP contribution in [0.3, 0.4) is 0 Å². The first-order chi connectivity index (χ1) is 17.6. The Morgan fingerprint density at radius 1 is 0.833 bits per heavy atom. The smallest absolute Gasteiger partial charge is 0.346 e. The van der Waals surface area contributed by atoms with Gasteiger partial charge in [-0.1, -0.05) is 78.9 Å². The Balaban J connectivity index is 1.68. The number of hydrogen-bond donors (Lipinski definition) is 1. The van der Waals surface area contributed by atoms with Crippen LogP contribution in [-0.4, -0.2) is 16.9 Å². The van der Waals surface area contributed by atoms with Crippen molar-refractivity contribution in [2.75, 3.05) is 0 Å². The Morgan fingerprint density at radius 3 is 2.17 bits per heavy atom. The number of para-hydroxylation sites is 1. The van der Waals surface area contributed by atoms with Crippen molar-refractivity contribution in [2.24, 2.45) is 4.99 Å². The van der Waals surface area contributed by atoms with Gasteiger partial charge in [-0.15, -0.1) is 0 Å². The van der Waals surface area contributed by atoms with Crippen molar-refractivity contribution in [1.82, 2.24) is 4.98 Å². The fourth-order valence-electron chi connectivity index (χ4n) is 5.19. The van der Waals surface area contributed by atoms with Gasteiger partial charge >= 0.3 is 5.97 Å². The molecule has 4 aromatic carbocycles. The lowest BCUT2D eigenvalue weighted by Gasteiger charge is -2.32. The third-order valence-corrected chi connectivity index (χ3v) is 6.93. The summed E-state index contributed by atoms with van der Waals surface area (Å²) in [5.41, 5.74) is 3.55. The molecule has 6 rings (SSSR count). The highest BCUT2D eigenvalue weighted by molar-refractivity contribution is 6.09. The number of aromatic nitrogens is 1. The zero-order valence-corrected chi connectivity index (χ0v) is 19.6. The van der Waals surface area contributed by atoms with Crippen LogP contribution in [0.2, 0.25) is 0 Å². The summed E-state index contributed by atoms with van der Waals surface area (Å²) < 4.78 is 19.9. The van der Waals surface area contributed by atoms with Crippen LogP contribution < -0.4 is 0 Å². The zero-order chi connectivity index (χ0) is 24.7. The first-order valence-corrected chi connectivity index (χ1v) is 11.8. The van der Waals surface area contributed by atoms with Gasteiger partial charge in [0.15, 0.2) is 5.54 Å². The number of aromatic amines is 1. The molecule has 2 atom stereocenters. The van der Waals surface area contributed by atoms with E-state index in [2.05, 4.69) is 4.98 Å². The van der Waals surface area contributed by atoms with Crippen LogP contribution in [0.15, 0.2) is 114 Å². The van der Waals surface area contributed by atoms with Crippen LogP contribution in [-0.2, 0) is 15.1 Å². The summed E-state index contributed by atoms with van der Waals surface area (Å²) in [5.74, 6) is -1.14. The second kappa shape index (κ2) is 8.61. The molecule has 1 N–H and O–H groups in total. The van der Waals surface area contributed by atoms with E-state index in [9.17, 15) is 9.18 Å². The third kappa shape index (κ3) is 3.43. The van der Waals surface area contributed by atoms with Crippen LogP contribution in [0.1, 0.15) is 33.9 Å². The molecule has 1 aliphatic heterocycles. The molecule has 0 fully saturated rings. The van der Waals surface area contributed by atoms with Gasteiger partial charge < -0.3 is 9.72 Å². The van der Waals surface area contributed by atoms with Gasteiger partial charge in [0.1, 0.15) is 5.82 Å². The van der Waals surface area contributed by atoms with Crippen molar-refractivity contribution < 1.29 is 13.9 Å². The number of fused-ring (bicyclic) bond motifs is 1. The Morgan fingerprint density at radius 2 is 1.47 bits per heavy atom. The van der Waals surface area contributed by atoms with E-state index in [4.69, 9.17) is 9.73 Å². The maximum absolute atomic E-state index is 14.0. The molecule has 5 aromatic rings. The molecule has 0 radical (unpaired) electrons. The van der Waals surface area contributed by atoms with Gasteiger partial charge in [-0.25, -0.2) is 14.2 Å². The highest BCUT2D eigenvalue weighted by atomic mass is 19.1. The number of esters is 1. The molecular formula is C31H23FN2O2. The number of aliphatic imine (C=N–C) groups is 1. The predicted octanol–water partition coefficient (Wildman–Crippen LogP) is 6.65. The van der Waals surface area contributed by atoms with Crippen molar-refractivity contribution in [3.05, 3.63) is 143 Å². The number of rotatable bonds is 5. The Labute approximate surface area is 208 Å². The predicted molar refractivity (Wildman–Crippen MR) is 138 cm³/mol. The van der Waals surface area contributed by atoms with Gasteiger partial charge in [-0.05, 0) is 53.9 Å². The highest BCUT2D eigenvalue weighted by Gasteiger charge is 2.55. The molecule has 0 aliphatic carbocycles. The maximum atomic E-state index is 14.0. The molecule has 0 saturated heterocycles. The van der Waals surface area contributed by atoms with E-state index < -0.39 is 17.4 Å². The maximum Gasteiger partial charge on any atom is 0.346 e. The Kier molecular flexibility index (Phi) is 5.26. The number of halogens is 1. The van der Waals surface area contributed by atoms with E-state index in [-0.39, 0.29) is 11.7 Å². The van der Waals surface area contributed by atoms with Gasteiger partial charge in [-0.2, -0.15) is 0 Å². The summed E-state index contributed by atoms with van der Waals surface area (Å²) >= 11 is 0. The van der Waals surface area contributed by atoms with Crippen LogP contribution in [0.4, 0.5) is 4.39 Å². The molecule has 2 heterocycles. The molecule has 0 unspecified atom stereocenters. The van der Waals surface area contributed by atoms with Crippen molar-refractivity contribution in [2.45, 2.75) is 18.4 Å². The first kappa shape index (κ1) is 22.0. The average Bonchev–Trinajstić information content (AvgIpc) is 3.44. The molecule has 176 valence electrons. The minimum atomic E-state index is -1.42. The van der Waals surface area contributed by atoms with E-state index in [0.29, 0.717) is 5.56 Å².